The number of allylic oxidation sites excluding steroid dienone is 4. The molecule has 0 atom stereocenters. The van der Waals surface area contributed by atoms with Gasteiger partial charge in [-0.15, -0.1) is 8.78 Å². The summed E-state index contributed by atoms with van der Waals surface area (Å²) in [4.78, 5) is 29.3. The van der Waals surface area contributed by atoms with Crippen LogP contribution in [0.5, 0.6) is 11.5 Å². The van der Waals surface area contributed by atoms with Crippen LogP contribution in [0.2, 0.25) is 0 Å². The number of aryl methyl sites for hydroxylation is 1. The van der Waals surface area contributed by atoms with Crippen LogP contribution in [0.25, 0.3) is 5.57 Å². The minimum absolute atomic E-state index is 0.0424. The van der Waals surface area contributed by atoms with E-state index in [4.69, 9.17) is 0 Å². The van der Waals surface area contributed by atoms with Crippen molar-refractivity contribution in [3.63, 3.8) is 0 Å². The van der Waals surface area contributed by atoms with Gasteiger partial charge in [0.05, 0.1) is 11.1 Å². The largest absolute Gasteiger partial charge is 0.586 e. The second-order valence-corrected chi connectivity index (χ2v) is 8.36. The molecule has 1 aromatic heterocycles. The van der Waals surface area contributed by atoms with Gasteiger partial charge in [-0.2, -0.15) is 0 Å². The molecule has 0 spiro atoms. The normalized spacial score (nSPS) is 17.9. The Bertz CT molecular complexity index is 1230. The third kappa shape index (κ3) is 4.55. The van der Waals surface area contributed by atoms with Gasteiger partial charge in [0.25, 0.3) is 0 Å². The van der Waals surface area contributed by atoms with Crippen molar-refractivity contribution in [3.05, 3.63) is 65.1 Å². The van der Waals surface area contributed by atoms with Gasteiger partial charge in [0.2, 0.25) is 5.91 Å². The molecule has 2 heterocycles. The lowest BCUT2D eigenvalue weighted by Gasteiger charge is -2.17. The number of nitrogens with one attached hydrogen (secondary N) is 1. The number of anilines is 1. The quantitative estimate of drug-likeness (QED) is 0.418. The van der Waals surface area contributed by atoms with Gasteiger partial charge in [-0.05, 0) is 74.6 Å². The zero-order valence-electron chi connectivity index (χ0n) is 18.9. The molecule has 0 unspecified atom stereocenters. The molecule has 2 aromatic rings. The number of hydrogen-bond donors (Lipinski definition) is 1. The van der Waals surface area contributed by atoms with Crippen molar-refractivity contribution in [1.29, 1.82) is 0 Å². The molecule has 0 saturated heterocycles. The number of carbonyl (C=O) groups is 2. The van der Waals surface area contributed by atoms with Crippen LogP contribution in [-0.2, 0) is 15.0 Å². The fourth-order valence-electron chi connectivity index (χ4n) is 3.87. The van der Waals surface area contributed by atoms with E-state index in [-0.39, 0.29) is 40.3 Å². The van der Waals surface area contributed by atoms with Gasteiger partial charge in [0, 0.05) is 5.57 Å². The number of pyridine rings is 1. The maximum atomic E-state index is 14.7. The molecule has 1 aliphatic carbocycles. The van der Waals surface area contributed by atoms with E-state index < -0.39 is 17.5 Å². The number of hydrogen-bond acceptors (Lipinski definition) is 5. The van der Waals surface area contributed by atoms with Gasteiger partial charge < -0.3 is 14.8 Å². The summed E-state index contributed by atoms with van der Waals surface area (Å²) in [5, 5.41) is 2.75. The third-order valence-corrected chi connectivity index (χ3v) is 5.72. The molecule has 1 N–H and O–H groups in total. The number of nitrogens with zero attached hydrogens (tertiary/aromatic N) is 1. The fourth-order valence-corrected chi connectivity index (χ4v) is 3.87. The average molecular weight is 472 g/mol. The summed E-state index contributed by atoms with van der Waals surface area (Å²) in [6.45, 7) is 4.82. The Morgan fingerprint density at radius 3 is 2.50 bits per heavy atom. The molecule has 2 aliphatic rings. The predicted octanol–water partition coefficient (Wildman–Crippen LogP) is 5.62. The summed E-state index contributed by atoms with van der Waals surface area (Å²) in [6, 6.07) is 7.55. The number of ether oxygens (including phenoxy) is 2. The Kier molecular flexibility index (Phi) is 5.97. The lowest BCUT2D eigenvalue weighted by Crippen LogP contribution is -2.28. The van der Waals surface area contributed by atoms with Crippen molar-refractivity contribution in [2.75, 3.05) is 5.32 Å². The molecule has 1 aromatic carbocycles. The smallest absolute Gasteiger partial charge is 0.395 e. The van der Waals surface area contributed by atoms with Gasteiger partial charge in [-0.25, -0.2) is 9.37 Å². The zero-order chi connectivity index (χ0) is 24.7. The molecule has 0 bridgehead atoms. The maximum Gasteiger partial charge on any atom is 0.586 e. The number of amides is 1. The Morgan fingerprint density at radius 1 is 1.15 bits per heavy atom. The van der Waals surface area contributed by atoms with E-state index in [1.807, 2.05) is 0 Å². The summed E-state index contributed by atoms with van der Waals surface area (Å²) < 4.78 is 50.4. The summed E-state index contributed by atoms with van der Waals surface area (Å²) in [7, 11) is 0. The van der Waals surface area contributed by atoms with Crippen LogP contribution in [-0.4, -0.2) is 23.0 Å². The Balaban J connectivity index is 1.61. The van der Waals surface area contributed by atoms with E-state index in [0.717, 1.165) is 0 Å². The summed E-state index contributed by atoms with van der Waals surface area (Å²) in [6.07, 6.45) is 0.236. The first-order valence-corrected chi connectivity index (χ1v) is 10.8. The minimum atomic E-state index is -3.74. The lowest BCUT2D eigenvalue weighted by atomic mass is 9.94. The molecule has 4 rings (SSSR count). The second kappa shape index (κ2) is 8.62. The third-order valence-electron chi connectivity index (χ3n) is 5.72. The molecule has 9 heteroatoms. The number of fused-ring (bicyclic) bond motifs is 1. The number of aromatic nitrogens is 1. The highest BCUT2D eigenvalue weighted by Crippen LogP contribution is 2.52. The SMILES string of the molecule is CC/C=C(F)\C(=C/C(C)=O)c1nc(NC(=O)C2(c3ccc4c(c3)OC(F)(F)O4)CC2)ccc1C. The van der Waals surface area contributed by atoms with Crippen LogP contribution in [0.1, 0.15) is 49.9 Å². The van der Waals surface area contributed by atoms with E-state index in [0.29, 0.717) is 30.4 Å². The first kappa shape index (κ1) is 23.5. The standard InChI is InChI=1S/C25H23F3N2O4/c1-4-5-18(26)17(12-15(3)31)22-14(2)6-9-21(29-22)30-23(32)24(10-11-24)16-7-8-19-20(13-16)34-25(27,28)33-19/h5-9,12-13H,4,10-11H2,1-3H3,(H,29,30,32)/b17-12+,18-5+. The van der Waals surface area contributed by atoms with Crippen LogP contribution in [0, 0.1) is 6.92 Å². The highest BCUT2D eigenvalue weighted by molar-refractivity contribution is 6.01. The molecule has 34 heavy (non-hydrogen) atoms. The van der Waals surface area contributed by atoms with E-state index >= 15 is 0 Å². The Hall–Kier alpha value is -3.62. The molecular formula is C25H23F3N2O4. The summed E-state index contributed by atoms with van der Waals surface area (Å²) >= 11 is 0. The molecule has 178 valence electrons. The van der Waals surface area contributed by atoms with Gasteiger partial charge in [-0.1, -0.05) is 19.1 Å². The van der Waals surface area contributed by atoms with Gasteiger partial charge in [0.15, 0.2) is 17.3 Å². The molecule has 1 amide bonds. The zero-order valence-corrected chi connectivity index (χ0v) is 18.9. The molecular weight excluding hydrogens is 449 g/mol. The number of rotatable bonds is 7. The average Bonchev–Trinajstić information content (AvgIpc) is 3.50. The van der Waals surface area contributed by atoms with E-state index in [2.05, 4.69) is 19.8 Å². The number of benzene rings is 1. The highest BCUT2D eigenvalue weighted by Gasteiger charge is 2.53. The molecule has 1 saturated carbocycles. The molecule has 0 radical (unpaired) electrons. The number of halogens is 3. The van der Waals surface area contributed by atoms with Gasteiger partial charge >= 0.3 is 6.29 Å². The Morgan fingerprint density at radius 2 is 1.85 bits per heavy atom. The minimum Gasteiger partial charge on any atom is -0.395 e. The Labute approximate surface area is 194 Å². The number of carbonyl (C=O) groups excluding carboxylic acids is 2. The predicted molar refractivity (Wildman–Crippen MR) is 119 cm³/mol. The van der Waals surface area contributed by atoms with Crippen molar-refractivity contribution in [3.8, 4) is 11.5 Å². The summed E-state index contributed by atoms with van der Waals surface area (Å²) in [5.74, 6) is -1.33. The van der Waals surface area contributed by atoms with Crippen LogP contribution < -0.4 is 14.8 Å². The van der Waals surface area contributed by atoms with Crippen LogP contribution in [0.15, 0.2) is 48.3 Å². The maximum absolute atomic E-state index is 14.7. The highest BCUT2D eigenvalue weighted by atomic mass is 19.3. The van der Waals surface area contributed by atoms with E-state index in [9.17, 15) is 22.8 Å². The van der Waals surface area contributed by atoms with Crippen LogP contribution >= 0.6 is 0 Å². The van der Waals surface area contributed by atoms with E-state index in [1.165, 1.54) is 31.2 Å². The van der Waals surface area contributed by atoms with Crippen molar-refractivity contribution < 1.29 is 32.2 Å². The van der Waals surface area contributed by atoms with Crippen molar-refractivity contribution in [2.24, 2.45) is 0 Å². The first-order chi connectivity index (χ1) is 16.0. The molecule has 6 nitrogen and oxygen atoms in total. The van der Waals surface area contributed by atoms with Crippen LogP contribution in [0.4, 0.5) is 19.0 Å². The van der Waals surface area contributed by atoms with Gasteiger partial charge in [0.1, 0.15) is 11.6 Å². The monoisotopic (exact) mass is 472 g/mol. The molecule has 1 aliphatic heterocycles. The first-order valence-electron chi connectivity index (χ1n) is 10.8. The second-order valence-electron chi connectivity index (χ2n) is 8.36. The van der Waals surface area contributed by atoms with Gasteiger partial charge in [-0.3, -0.25) is 9.59 Å². The van der Waals surface area contributed by atoms with Crippen LogP contribution in [0.3, 0.4) is 0 Å². The topological polar surface area (TPSA) is 77.5 Å². The number of ketones is 1. The van der Waals surface area contributed by atoms with Crippen molar-refractivity contribution >= 4 is 23.1 Å². The van der Waals surface area contributed by atoms with Crippen molar-refractivity contribution in [1.82, 2.24) is 4.98 Å². The lowest BCUT2D eigenvalue weighted by molar-refractivity contribution is -0.286. The number of alkyl halides is 2. The fraction of sp³-hybridized carbons (Fsp3) is 0.320. The van der Waals surface area contributed by atoms with E-state index in [1.54, 1.807) is 32.0 Å². The molecule has 1 fully saturated rings. The van der Waals surface area contributed by atoms with Crippen molar-refractivity contribution in [2.45, 2.75) is 51.7 Å². The summed E-state index contributed by atoms with van der Waals surface area (Å²) in [5.41, 5.74) is 0.509.